The van der Waals surface area contributed by atoms with Crippen molar-refractivity contribution in [3.63, 3.8) is 0 Å². The molecule has 0 aliphatic rings. The third kappa shape index (κ3) is 3.80. The van der Waals surface area contributed by atoms with Gasteiger partial charge in [-0.2, -0.15) is 0 Å². The van der Waals surface area contributed by atoms with E-state index in [1.54, 1.807) is 0 Å². The van der Waals surface area contributed by atoms with Crippen LogP contribution in [0.5, 0.6) is 5.75 Å². The molecule has 0 spiro atoms. The van der Waals surface area contributed by atoms with Crippen LogP contribution in [0.15, 0.2) is 42.5 Å². The van der Waals surface area contributed by atoms with Crippen molar-refractivity contribution in [2.45, 2.75) is 32.8 Å². The molecule has 0 aliphatic heterocycles. The lowest BCUT2D eigenvalue weighted by Crippen LogP contribution is -1.98. The molecule has 0 fully saturated rings. The SMILES string of the molecule is CCC(C)c1ccc(OCc2cc(F)cc(F)c2)cc1. The molecule has 20 heavy (non-hydrogen) atoms. The monoisotopic (exact) mass is 276 g/mol. The molecule has 2 aromatic rings. The Kier molecular flexibility index (Phi) is 4.72. The first kappa shape index (κ1) is 14.5. The maximum absolute atomic E-state index is 13.0. The number of hydrogen-bond donors (Lipinski definition) is 0. The van der Waals surface area contributed by atoms with Gasteiger partial charge in [-0.25, -0.2) is 8.78 Å². The Balaban J connectivity index is 2.00. The third-order valence-corrected chi connectivity index (χ3v) is 3.39. The summed E-state index contributed by atoms with van der Waals surface area (Å²) in [5, 5.41) is 0. The topological polar surface area (TPSA) is 9.23 Å². The fourth-order valence-electron chi connectivity index (χ4n) is 1.99. The zero-order valence-corrected chi connectivity index (χ0v) is 11.7. The van der Waals surface area contributed by atoms with Gasteiger partial charge < -0.3 is 4.74 Å². The van der Waals surface area contributed by atoms with E-state index in [0.29, 0.717) is 17.2 Å². The van der Waals surface area contributed by atoms with Crippen LogP contribution in [-0.2, 0) is 6.61 Å². The molecule has 1 nitrogen and oxygen atoms in total. The highest BCUT2D eigenvalue weighted by molar-refractivity contribution is 5.29. The summed E-state index contributed by atoms with van der Waals surface area (Å²) in [6, 6.07) is 11.2. The summed E-state index contributed by atoms with van der Waals surface area (Å²) >= 11 is 0. The lowest BCUT2D eigenvalue weighted by molar-refractivity contribution is 0.304. The number of rotatable bonds is 5. The zero-order chi connectivity index (χ0) is 14.5. The van der Waals surface area contributed by atoms with Gasteiger partial charge in [-0.1, -0.05) is 26.0 Å². The molecule has 2 rings (SSSR count). The van der Waals surface area contributed by atoms with E-state index in [-0.39, 0.29) is 6.61 Å². The standard InChI is InChI=1S/C17H18F2O/c1-3-12(2)14-4-6-17(7-5-14)20-11-13-8-15(18)10-16(19)9-13/h4-10,12H,3,11H2,1-2H3. The van der Waals surface area contributed by atoms with Crippen LogP contribution < -0.4 is 4.74 Å². The summed E-state index contributed by atoms with van der Waals surface area (Å²) < 4.78 is 31.6. The lowest BCUT2D eigenvalue weighted by Gasteiger charge is -2.11. The third-order valence-electron chi connectivity index (χ3n) is 3.39. The van der Waals surface area contributed by atoms with Gasteiger partial charge in [-0.3, -0.25) is 0 Å². The van der Waals surface area contributed by atoms with E-state index in [1.807, 2.05) is 24.3 Å². The molecule has 0 N–H and O–H groups in total. The van der Waals surface area contributed by atoms with Gasteiger partial charge in [-0.05, 0) is 47.7 Å². The Morgan fingerprint density at radius 1 is 1.00 bits per heavy atom. The molecule has 1 unspecified atom stereocenters. The molecule has 106 valence electrons. The molecule has 0 heterocycles. The van der Waals surface area contributed by atoms with Crippen LogP contribution in [0, 0.1) is 11.6 Å². The van der Waals surface area contributed by atoms with Gasteiger partial charge in [0.2, 0.25) is 0 Å². The maximum atomic E-state index is 13.0. The summed E-state index contributed by atoms with van der Waals surface area (Å²) in [7, 11) is 0. The first-order valence-electron chi connectivity index (χ1n) is 6.76. The molecule has 3 heteroatoms. The second kappa shape index (κ2) is 6.51. The molecule has 0 amide bonds. The fraction of sp³-hybridized carbons (Fsp3) is 0.294. The minimum Gasteiger partial charge on any atom is -0.489 e. The van der Waals surface area contributed by atoms with E-state index < -0.39 is 11.6 Å². The number of ether oxygens (including phenoxy) is 1. The van der Waals surface area contributed by atoms with Crippen LogP contribution in [0.4, 0.5) is 8.78 Å². The van der Waals surface area contributed by atoms with E-state index >= 15 is 0 Å². The highest BCUT2D eigenvalue weighted by Gasteiger charge is 2.04. The van der Waals surface area contributed by atoms with Gasteiger partial charge in [0.05, 0.1) is 0 Å². The second-order valence-electron chi connectivity index (χ2n) is 4.94. The first-order chi connectivity index (χ1) is 9.58. The van der Waals surface area contributed by atoms with Crippen LogP contribution in [0.3, 0.4) is 0 Å². The van der Waals surface area contributed by atoms with Crippen molar-refractivity contribution in [2.24, 2.45) is 0 Å². The summed E-state index contributed by atoms with van der Waals surface area (Å²) in [5.74, 6) is 0.0366. The average Bonchev–Trinajstić information content (AvgIpc) is 2.44. The average molecular weight is 276 g/mol. The predicted octanol–water partition coefficient (Wildman–Crippen LogP) is 5.06. The van der Waals surface area contributed by atoms with Crippen LogP contribution in [0.2, 0.25) is 0 Å². The van der Waals surface area contributed by atoms with Crippen molar-refractivity contribution in [2.75, 3.05) is 0 Å². The largest absolute Gasteiger partial charge is 0.489 e. The van der Waals surface area contributed by atoms with Crippen molar-refractivity contribution in [1.29, 1.82) is 0 Å². The van der Waals surface area contributed by atoms with Crippen molar-refractivity contribution in [1.82, 2.24) is 0 Å². The Hall–Kier alpha value is -1.90. The van der Waals surface area contributed by atoms with E-state index in [2.05, 4.69) is 13.8 Å². The van der Waals surface area contributed by atoms with Crippen LogP contribution >= 0.6 is 0 Å². The molecule has 0 saturated carbocycles. The highest BCUT2D eigenvalue weighted by atomic mass is 19.1. The van der Waals surface area contributed by atoms with Gasteiger partial charge in [0.1, 0.15) is 24.0 Å². The van der Waals surface area contributed by atoms with Gasteiger partial charge in [-0.15, -0.1) is 0 Å². The number of benzene rings is 2. The van der Waals surface area contributed by atoms with Gasteiger partial charge >= 0.3 is 0 Å². The van der Waals surface area contributed by atoms with Gasteiger partial charge in [0.15, 0.2) is 0 Å². The Morgan fingerprint density at radius 2 is 1.60 bits per heavy atom. The lowest BCUT2D eigenvalue weighted by atomic mass is 9.99. The van der Waals surface area contributed by atoms with Crippen LogP contribution in [-0.4, -0.2) is 0 Å². The molecule has 0 aromatic heterocycles. The summed E-state index contributed by atoms with van der Waals surface area (Å²) in [6.45, 7) is 4.47. The van der Waals surface area contributed by atoms with Gasteiger partial charge in [0.25, 0.3) is 0 Å². The Morgan fingerprint density at radius 3 is 2.15 bits per heavy atom. The van der Waals surface area contributed by atoms with E-state index in [9.17, 15) is 8.78 Å². The summed E-state index contributed by atoms with van der Waals surface area (Å²) in [6.07, 6.45) is 1.09. The Labute approximate surface area is 118 Å². The van der Waals surface area contributed by atoms with Crippen molar-refractivity contribution in [3.8, 4) is 5.75 Å². The second-order valence-corrected chi connectivity index (χ2v) is 4.94. The first-order valence-corrected chi connectivity index (χ1v) is 6.76. The van der Waals surface area contributed by atoms with E-state index in [0.717, 1.165) is 12.5 Å². The maximum Gasteiger partial charge on any atom is 0.126 e. The van der Waals surface area contributed by atoms with Crippen molar-refractivity contribution < 1.29 is 13.5 Å². The van der Waals surface area contributed by atoms with Crippen molar-refractivity contribution >= 4 is 0 Å². The Bertz CT molecular complexity index is 543. The smallest absolute Gasteiger partial charge is 0.126 e. The molecule has 0 aliphatic carbocycles. The van der Waals surface area contributed by atoms with E-state index in [1.165, 1.54) is 17.7 Å². The molecule has 0 bridgehead atoms. The van der Waals surface area contributed by atoms with E-state index in [4.69, 9.17) is 4.74 Å². The van der Waals surface area contributed by atoms with Crippen LogP contribution in [0.25, 0.3) is 0 Å². The number of hydrogen-bond acceptors (Lipinski definition) is 1. The fourth-order valence-corrected chi connectivity index (χ4v) is 1.99. The molecule has 0 radical (unpaired) electrons. The van der Waals surface area contributed by atoms with Crippen LogP contribution in [0.1, 0.15) is 37.3 Å². The summed E-state index contributed by atoms with van der Waals surface area (Å²) in [5.41, 5.74) is 1.74. The normalized spacial score (nSPS) is 12.2. The zero-order valence-electron chi connectivity index (χ0n) is 11.7. The quantitative estimate of drug-likeness (QED) is 0.742. The van der Waals surface area contributed by atoms with Crippen molar-refractivity contribution in [3.05, 3.63) is 65.2 Å². The van der Waals surface area contributed by atoms with Gasteiger partial charge in [0, 0.05) is 6.07 Å². The summed E-state index contributed by atoms with van der Waals surface area (Å²) in [4.78, 5) is 0. The molecular formula is C17H18F2O. The minimum absolute atomic E-state index is 0.150. The minimum atomic E-state index is -0.587. The predicted molar refractivity (Wildman–Crippen MR) is 75.8 cm³/mol. The number of halogens is 2. The molecule has 1 atom stereocenters. The highest BCUT2D eigenvalue weighted by Crippen LogP contribution is 2.22. The molecule has 0 saturated heterocycles. The molecular weight excluding hydrogens is 258 g/mol. The molecule has 2 aromatic carbocycles.